The third kappa shape index (κ3) is 4.67. The summed E-state index contributed by atoms with van der Waals surface area (Å²) in [5, 5.41) is 0. The molecule has 0 unspecified atom stereocenters. The fourth-order valence-corrected chi connectivity index (χ4v) is 2.33. The van der Waals surface area contributed by atoms with Crippen molar-refractivity contribution >= 4 is 5.91 Å². The number of nitrogens with zero attached hydrogens (tertiary/aromatic N) is 1. The Labute approximate surface area is 115 Å². The summed E-state index contributed by atoms with van der Waals surface area (Å²) >= 11 is 0. The second kappa shape index (κ2) is 7.29. The highest BCUT2D eigenvalue weighted by Crippen LogP contribution is 2.10. The molecule has 1 aromatic rings. The predicted octanol–water partition coefficient (Wildman–Crippen LogP) is 2.57. The number of carbonyl (C=O) groups excluding carboxylic acids is 1. The van der Waals surface area contributed by atoms with Gasteiger partial charge in [-0.2, -0.15) is 0 Å². The standard InChI is InChI=1S/C16H23NO2/c1-14-6-8-15(9-7-14)4-2-3-5-16(18)17-10-12-19-13-11-17/h6-9H,2-5,10-13H2,1H3. The molecule has 1 fully saturated rings. The molecule has 0 atom stereocenters. The molecule has 3 heteroatoms. The minimum absolute atomic E-state index is 0.284. The van der Waals surface area contributed by atoms with Crippen molar-refractivity contribution in [1.82, 2.24) is 4.90 Å². The average molecular weight is 261 g/mol. The van der Waals surface area contributed by atoms with Gasteiger partial charge in [0.1, 0.15) is 0 Å². The van der Waals surface area contributed by atoms with Crippen LogP contribution < -0.4 is 0 Å². The third-order valence-corrected chi connectivity index (χ3v) is 3.59. The third-order valence-electron chi connectivity index (χ3n) is 3.59. The summed E-state index contributed by atoms with van der Waals surface area (Å²) in [6.07, 6.45) is 3.80. The summed E-state index contributed by atoms with van der Waals surface area (Å²) in [6, 6.07) is 8.65. The number of unbranched alkanes of at least 4 members (excludes halogenated alkanes) is 1. The van der Waals surface area contributed by atoms with Crippen LogP contribution in [0, 0.1) is 6.92 Å². The highest BCUT2D eigenvalue weighted by atomic mass is 16.5. The van der Waals surface area contributed by atoms with Crippen LogP contribution >= 0.6 is 0 Å². The Morgan fingerprint density at radius 3 is 2.53 bits per heavy atom. The molecule has 0 spiro atoms. The van der Waals surface area contributed by atoms with Crippen LogP contribution in [0.2, 0.25) is 0 Å². The molecule has 0 aliphatic carbocycles. The first-order valence-electron chi connectivity index (χ1n) is 7.17. The topological polar surface area (TPSA) is 29.5 Å². The van der Waals surface area contributed by atoms with Crippen LogP contribution in [0.4, 0.5) is 0 Å². The van der Waals surface area contributed by atoms with Crippen molar-refractivity contribution in [3.05, 3.63) is 35.4 Å². The van der Waals surface area contributed by atoms with Gasteiger partial charge < -0.3 is 9.64 Å². The summed E-state index contributed by atoms with van der Waals surface area (Å²) in [7, 11) is 0. The predicted molar refractivity (Wildman–Crippen MR) is 76.1 cm³/mol. The van der Waals surface area contributed by atoms with Crippen molar-refractivity contribution in [3.8, 4) is 0 Å². The molecule has 0 N–H and O–H groups in total. The van der Waals surface area contributed by atoms with Crippen LogP contribution in [-0.2, 0) is 16.0 Å². The van der Waals surface area contributed by atoms with Crippen LogP contribution in [0.5, 0.6) is 0 Å². The van der Waals surface area contributed by atoms with Crippen molar-refractivity contribution < 1.29 is 9.53 Å². The second-order valence-corrected chi connectivity index (χ2v) is 5.19. The number of rotatable bonds is 5. The van der Waals surface area contributed by atoms with Gasteiger partial charge in [0.15, 0.2) is 0 Å². The van der Waals surface area contributed by atoms with Gasteiger partial charge in [0, 0.05) is 19.5 Å². The molecule has 3 nitrogen and oxygen atoms in total. The fraction of sp³-hybridized carbons (Fsp3) is 0.562. The maximum atomic E-state index is 11.9. The average Bonchev–Trinajstić information content (AvgIpc) is 2.46. The number of aryl methyl sites for hydroxylation is 2. The zero-order chi connectivity index (χ0) is 13.5. The number of amides is 1. The Hall–Kier alpha value is -1.35. The van der Waals surface area contributed by atoms with Crippen molar-refractivity contribution in [2.45, 2.75) is 32.6 Å². The lowest BCUT2D eigenvalue weighted by Crippen LogP contribution is -2.40. The Balaban J connectivity index is 1.63. The molecule has 1 amide bonds. The molecule has 104 valence electrons. The Bertz CT molecular complexity index is 394. The van der Waals surface area contributed by atoms with E-state index in [0.29, 0.717) is 19.6 Å². The van der Waals surface area contributed by atoms with Crippen molar-refractivity contribution in [2.75, 3.05) is 26.3 Å². The largest absolute Gasteiger partial charge is 0.378 e. The summed E-state index contributed by atoms with van der Waals surface area (Å²) in [5.74, 6) is 0.284. The molecule has 1 aliphatic heterocycles. The number of benzene rings is 1. The summed E-state index contributed by atoms with van der Waals surface area (Å²) < 4.78 is 5.25. The Morgan fingerprint density at radius 1 is 1.16 bits per heavy atom. The van der Waals surface area contributed by atoms with E-state index in [1.165, 1.54) is 11.1 Å². The number of hydrogen-bond acceptors (Lipinski definition) is 2. The van der Waals surface area contributed by atoms with E-state index < -0.39 is 0 Å². The molecule has 0 saturated carbocycles. The molecule has 1 saturated heterocycles. The van der Waals surface area contributed by atoms with Crippen molar-refractivity contribution in [3.63, 3.8) is 0 Å². The van der Waals surface area contributed by atoms with E-state index in [2.05, 4.69) is 31.2 Å². The molecule has 1 aliphatic rings. The van der Waals surface area contributed by atoms with E-state index >= 15 is 0 Å². The molecular weight excluding hydrogens is 238 g/mol. The fourth-order valence-electron chi connectivity index (χ4n) is 2.33. The molecule has 0 aromatic heterocycles. The maximum Gasteiger partial charge on any atom is 0.222 e. The van der Waals surface area contributed by atoms with Crippen LogP contribution in [0.25, 0.3) is 0 Å². The zero-order valence-corrected chi connectivity index (χ0v) is 11.7. The van der Waals surface area contributed by atoms with E-state index in [4.69, 9.17) is 4.74 Å². The van der Waals surface area contributed by atoms with Gasteiger partial charge in [-0.05, 0) is 31.7 Å². The van der Waals surface area contributed by atoms with Gasteiger partial charge >= 0.3 is 0 Å². The smallest absolute Gasteiger partial charge is 0.222 e. The molecule has 19 heavy (non-hydrogen) atoms. The van der Waals surface area contributed by atoms with E-state index in [0.717, 1.165) is 32.4 Å². The number of ether oxygens (including phenoxy) is 1. The van der Waals surface area contributed by atoms with Gasteiger partial charge in [0.05, 0.1) is 13.2 Å². The summed E-state index contributed by atoms with van der Waals surface area (Å²) in [5.41, 5.74) is 2.66. The Morgan fingerprint density at radius 2 is 1.84 bits per heavy atom. The van der Waals surface area contributed by atoms with Crippen LogP contribution in [0.1, 0.15) is 30.4 Å². The Kier molecular flexibility index (Phi) is 5.40. The van der Waals surface area contributed by atoms with E-state index in [1.807, 2.05) is 4.90 Å². The van der Waals surface area contributed by atoms with Gasteiger partial charge in [-0.25, -0.2) is 0 Å². The van der Waals surface area contributed by atoms with Crippen LogP contribution in [-0.4, -0.2) is 37.1 Å². The minimum Gasteiger partial charge on any atom is -0.378 e. The highest BCUT2D eigenvalue weighted by Gasteiger charge is 2.15. The lowest BCUT2D eigenvalue weighted by Gasteiger charge is -2.26. The number of morpholine rings is 1. The maximum absolute atomic E-state index is 11.9. The van der Waals surface area contributed by atoms with Crippen LogP contribution in [0.3, 0.4) is 0 Å². The van der Waals surface area contributed by atoms with Crippen molar-refractivity contribution in [2.24, 2.45) is 0 Å². The monoisotopic (exact) mass is 261 g/mol. The molecule has 1 aromatic carbocycles. The minimum atomic E-state index is 0.284. The molecule has 0 radical (unpaired) electrons. The first-order valence-corrected chi connectivity index (χ1v) is 7.17. The van der Waals surface area contributed by atoms with E-state index in [1.54, 1.807) is 0 Å². The molecule has 2 rings (SSSR count). The zero-order valence-electron chi connectivity index (χ0n) is 11.7. The highest BCUT2D eigenvalue weighted by molar-refractivity contribution is 5.76. The van der Waals surface area contributed by atoms with E-state index in [9.17, 15) is 4.79 Å². The molecule has 0 bridgehead atoms. The lowest BCUT2D eigenvalue weighted by molar-refractivity contribution is -0.135. The first kappa shape index (κ1) is 14.1. The summed E-state index contributed by atoms with van der Waals surface area (Å²) in [4.78, 5) is 13.9. The number of carbonyl (C=O) groups is 1. The lowest BCUT2D eigenvalue weighted by atomic mass is 10.1. The number of hydrogen-bond donors (Lipinski definition) is 0. The first-order chi connectivity index (χ1) is 9.25. The van der Waals surface area contributed by atoms with Gasteiger partial charge in [0.25, 0.3) is 0 Å². The SMILES string of the molecule is Cc1ccc(CCCCC(=O)N2CCOCC2)cc1. The van der Waals surface area contributed by atoms with Gasteiger partial charge in [-0.1, -0.05) is 29.8 Å². The van der Waals surface area contributed by atoms with E-state index in [-0.39, 0.29) is 5.91 Å². The quantitative estimate of drug-likeness (QED) is 0.762. The van der Waals surface area contributed by atoms with Gasteiger partial charge in [-0.15, -0.1) is 0 Å². The molecular formula is C16H23NO2. The summed E-state index contributed by atoms with van der Waals surface area (Å²) in [6.45, 7) is 5.00. The normalized spacial score (nSPS) is 15.5. The second-order valence-electron chi connectivity index (χ2n) is 5.19. The molecule has 1 heterocycles. The van der Waals surface area contributed by atoms with Crippen molar-refractivity contribution in [1.29, 1.82) is 0 Å². The van der Waals surface area contributed by atoms with Crippen LogP contribution in [0.15, 0.2) is 24.3 Å². The van der Waals surface area contributed by atoms with Gasteiger partial charge in [0.2, 0.25) is 5.91 Å². The van der Waals surface area contributed by atoms with Gasteiger partial charge in [-0.3, -0.25) is 4.79 Å².